The van der Waals surface area contributed by atoms with Gasteiger partial charge >= 0.3 is 0 Å². The van der Waals surface area contributed by atoms with Crippen LogP contribution in [0.5, 0.6) is 5.75 Å². The molecule has 144 valence electrons. The molecule has 5 heteroatoms. The summed E-state index contributed by atoms with van der Waals surface area (Å²) < 4.78 is 5.45. The summed E-state index contributed by atoms with van der Waals surface area (Å²) in [5.41, 5.74) is 2.41. The topological polar surface area (TPSA) is 58.6 Å². The lowest BCUT2D eigenvalue weighted by Gasteiger charge is -2.21. The first-order valence-electron chi connectivity index (χ1n) is 9.30. The standard InChI is InChI=1S/C22H28N2O3/c1-18-10-12-21(13-11-18)27-17-22(26)23-14-16-24(19(2)25)15-6-9-20-7-4-3-5-8-20/h3-5,7-8,10-13H,6,9,14-17H2,1-2H3,(H,23,26). The Bertz CT molecular complexity index is 714. The molecule has 5 nitrogen and oxygen atoms in total. The zero-order valence-electron chi connectivity index (χ0n) is 16.1. The zero-order chi connectivity index (χ0) is 19.5. The van der Waals surface area contributed by atoms with E-state index < -0.39 is 0 Å². The van der Waals surface area contributed by atoms with E-state index in [1.807, 2.05) is 49.4 Å². The fourth-order valence-corrected chi connectivity index (χ4v) is 2.71. The van der Waals surface area contributed by atoms with Crippen LogP contribution in [-0.4, -0.2) is 43.0 Å². The van der Waals surface area contributed by atoms with E-state index >= 15 is 0 Å². The molecule has 0 unspecified atom stereocenters. The first-order chi connectivity index (χ1) is 13.0. The quantitative estimate of drug-likeness (QED) is 0.701. The molecule has 0 spiro atoms. The highest BCUT2D eigenvalue weighted by atomic mass is 16.5. The Morgan fingerprint density at radius 1 is 1.00 bits per heavy atom. The van der Waals surface area contributed by atoms with Gasteiger partial charge in [0.1, 0.15) is 5.75 Å². The number of ether oxygens (including phenoxy) is 1. The lowest BCUT2D eigenvalue weighted by Crippen LogP contribution is -2.39. The lowest BCUT2D eigenvalue weighted by atomic mass is 10.1. The minimum absolute atomic E-state index is 0.0215. The van der Waals surface area contributed by atoms with Crippen molar-refractivity contribution >= 4 is 11.8 Å². The Kier molecular flexibility index (Phi) is 8.36. The Morgan fingerprint density at radius 2 is 1.70 bits per heavy atom. The van der Waals surface area contributed by atoms with Crippen LogP contribution < -0.4 is 10.1 Å². The van der Waals surface area contributed by atoms with E-state index in [1.54, 1.807) is 11.8 Å². The van der Waals surface area contributed by atoms with Gasteiger partial charge in [-0.05, 0) is 37.5 Å². The zero-order valence-corrected chi connectivity index (χ0v) is 16.1. The molecule has 0 bridgehead atoms. The summed E-state index contributed by atoms with van der Waals surface area (Å²) in [4.78, 5) is 25.5. The number of rotatable bonds is 10. The third kappa shape index (κ3) is 7.94. The number of hydrogen-bond donors (Lipinski definition) is 1. The molecule has 2 rings (SSSR count). The van der Waals surface area contributed by atoms with Gasteiger partial charge < -0.3 is 15.0 Å². The van der Waals surface area contributed by atoms with E-state index in [0.717, 1.165) is 18.4 Å². The van der Waals surface area contributed by atoms with Gasteiger partial charge in [-0.3, -0.25) is 9.59 Å². The summed E-state index contributed by atoms with van der Waals surface area (Å²) in [5, 5.41) is 2.80. The highest BCUT2D eigenvalue weighted by Gasteiger charge is 2.09. The Labute approximate surface area is 161 Å². The second kappa shape index (κ2) is 11.0. The van der Waals surface area contributed by atoms with Crippen molar-refractivity contribution in [3.63, 3.8) is 0 Å². The highest BCUT2D eigenvalue weighted by molar-refractivity contribution is 5.77. The molecule has 0 aromatic heterocycles. The molecule has 0 radical (unpaired) electrons. The predicted molar refractivity (Wildman–Crippen MR) is 107 cm³/mol. The van der Waals surface area contributed by atoms with Crippen molar-refractivity contribution in [3.05, 3.63) is 65.7 Å². The number of carbonyl (C=O) groups is 2. The number of hydrogen-bond acceptors (Lipinski definition) is 3. The molecular formula is C22H28N2O3. The molecule has 0 fully saturated rings. The SMILES string of the molecule is CC(=O)N(CCCc1ccccc1)CCNC(=O)COc1ccc(C)cc1. The maximum absolute atomic E-state index is 11.9. The summed E-state index contributed by atoms with van der Waals surface area (Å²) in [6.45, 7) is 5.13. The van der Waals surface area contributed by atoms with Gasteiger partial charge in [-0.25, -0.2) is 0 Å². The predicted octanol–water partition coefficient (Wildman–Crippen LogP) is 2.97. The molecule has 1 N–H and O–H groups in total. The second-order valence-corrected chi connectivity index (χ2v) is 6.55. The van der Waals surface area contributed by atoms with Crippen LogP contribution in [0, 0.1) is 6.92 Å². The summed E-state index contributed by atoms with van der Waals surface area (Å²) in [5.74, 6) is 0.499. The van der Waals surface area contributed by atoms with Crippen LogP contribution in [-0.2, 0) is 16.0 Å². The molecule has 0 aliphatic rings. The number of nitrogens with zero attached hydrogens (tertiary/aromatic N) is 1. The average molecular weight is 368 g/mol. The molecule has 2 aromatic rings. The van der Waals surface area contributed by atoms with Gasteiger partial charge in [-0.15, -0.1) is 0 Å². The van der Waals surface area contributed by atoms with E-state index in [4.69, 9.17) is 4.74 Å². The van der Waals surface area contributed by atoms with Crippen molar-refractivity contribution in [2.75, 3.05) is 26.2 Å². The molecule has 27 heavy (non-hydrogen) atoms. The summed E-state index contributed by atoms with van der Waals surface area (Å²) >= 11 is 0. The smallest absolute Gasteiger partial charge is 0.258 e. The maximum atomic E-state index is 11.9. The fraction of sp³-hybridized carbons (Fsp3) is 0.364. The molecule has 0 saturated carbocycles. The van der Waals surface area contributed by atoms with Crippen molar-refractivity contribution < 1.29 is 14.3 Å². The molecule has 2 aromatic carbocycles. The third-order valence-electron chi connectivity index (χ3n) is 4.28. The number of carbonyl (C=O) groups excluding carboxylic acids is 2. The van der Waals surface area contributed by atoms with E-state index in [9.17, 15) is 9.59 Å². The minimum atomic E-state index is -0.191. The molecular weight excluding hydrogens is 340 g/mol. The van der Waals surface area contributed by atoms with Gasteiger partial charge in [0, 0.05) is 26.6 Å². The van der Waals surface area contributed by atoms with Crippen LogP contribution in [0.4, 0.5) is 0 Å². The minimum Gasteiger partial charge on any atom is -0.484 e. The van der Waals surface area contributed by atoms with Crippen LogP contribution in [0.15, 0.2) is 54.6 Å². The molecule has 2 amide bonds. The van der Waals surface area contributed by atoms with Crippen molar-refractivity contribution in [1.82, 2.24) is 10.2 Å². The maximum Gasteiger partial charge on any atom is 0.258 e. The van der Waals surface area contributed by atoms with Crippen molar-refractivity contribution in [1.29, 1.82) is 0 Å². The van der Waals surface area contributed by atoms with E-state index in [-0.39, 0.29) is 18.4 Å². The number of nitrogens with one attached hydrogen (secondary N) is 1. The van der Waals surface area contributed by atoms with Crippen LogP contribution >= 0.6 is 0 Å². The van der Waals surface area contributed by atoms with Gasteiger partial charge in [-0.1, -0.05) is 48.0 Å². The third-order valence-corrected chi connectivity index (χ3v) is 4.28. The molecule has 0 aliphatic carbocycles. The van der Waals surface area contributed by atoms with Gasteiger partial charge in [0.15, 0.2) is 6.61 Å². The van der Waals surface area contributed by atoms with Gasteiger partial charge in [-0.2, -0.15) is 0 Å². The summed E-state index contributed by atoms with van der Waals surface area (Å²) in [6, 6.07) is 17.8. The molecule has 0 aliphatic heterocycles. The molecule has 0 atom stereocenters. The molecule has 0 saturated heterocycles. The van der Waals surface area contributed by atoms with Crippen molar-refractivity contribution in [2.45, 2.75) is 26.7 Å². The van der Waals surface area contributed by atoms with E-state index in [1.165, 1.54) is 5.56 Å². The van der Waals surface area contributed by atoms with Gasteiger partial charge in [0.2, 0.25) is 5.91 Å². The number of aryl methyl sites for hydroxylation is 2. The monoisotopic (exact) mass is 368 g/mol. The highest BCUT2D eigenvalue weighted by Crippen LogP contribution is 2.10. The van der Waals surface area contributed by atoms with Crippen LogP contribution in [0.2, 0.25) is 0 Å². The molecule has 0 heterocycles. The van der Waals surface area contributed by atoms with Crippen LogP contribution in [0.3, 0.4) is 0 Å². The normalized spacial score (nSPS) is 10.3. The van der Waals surface area contributed by atoms with Crippen LogP contribution in [0.25, 0.3) is 0 Å². The second-order valence-electron chi connectivity index (χ2n) is 6.55. The van der Waals surface area contributed by atoms with Crippen molar-refractivity contribution in [2.24, 2.45) is 0 Å². The van der Waals surface area contributed by atoms with Gasteiger partial charge in [0.05, 0.1) is 0 Å². The Hall–Kier alpha value is -2.82. The fourth-order valence-electron chi connectivity index (χ4n) is 2.71. The first-order valence-corrected chi connectivity index (χ1v) is 9.30. The van der Waals surface area contributed by atoms with Crippen LogP contribution in [0.1, 0.15) is 24.5 Å². The van der Waals surface area contributed by atoms with E-state index in [0.29, 0.717) is 25.4 Å². The largest absolute Gasteiger partial charge is 0.484 e. The Morgan fingerprint density at radius 3 is 2.37 bits per heavy atom. The number of amides is 2. The number of benzene rings is 2. The Balaban J connectivity index is 1.65. The van der Waals surface area contributed by atoms with Crippen molar-refractivity contribution in [3.8, 4) is 5.75 Å². The summed E-state index contributed by atoms with van der Waals surface area (Å²) in [7, 11) is 0. The van der Waals surface area contributed by atoms with E-state index in [2.05, 4.69) is 17.4 Å². The average Bonchev–Trinajstić information content (AvgIpc) is 2.67. The van der Waals surface area contributed by atoms with Gasteiger partial charge in [0.25, 0.3) is 5.91 Å². The first kappa shape index (κ1) is 20.5. The summed E-state index contributed by atoms with van der Waals surface area (Å²) in [6.07, 6.45) is 1.83. The lowest BCUT2D eigenvalue weighted by molar-refractivity contribution is -0.129.